The molecule has 4 nitrogen and oxygen atoms in total. The van der Waals surface area contributed by atoms with Crippen molar-refractivity contribution in [1.82, 2.24) is 9.97 Å². The van der Waals surface area contributed by atoms with E-state index in [4.69, 9.17) is 23.2 Å². The fourth-order valence-corrected chi connectivity index (χ4v) is 3.24. The number of rotatable bonds is 4. The molecule has 0 aliphatic rings. The Balaban J connectivity index is 1.68. The molecule has 1 amide bonds. The fraction of sp³-hybridized carbons (Fsp3) is 0.0625. The number of anilines is 1. The second-order valence-electron chi connectivity index (χ2n) is 4.76. The van der Waals surface area contributed by atoms with Crippen LogP contribution < -0.4 is 5.32 Å². The highest BCUT2D eigenvalue weighted by atomic mass is 35.5. The molecule has 0 aliphatic carbocycles. The van der Waals surface area contributed by atoms with Gasteiger partial charge in [-0.05, 0) is 29.8 Å². The Kier molecular flexibility index (Phi) is 4.91. The Hall–Kier alpha value is -1.95. The zero-order chi connectivity index (χ0) is 16.2. The first kappa shape index (κ1) is 15.9. The number of carbonyl (C=O) groups excluding carboxylic acids is 1. The fourth-order valence-electron chi connectivity index (χ4n) is 2.01. The van der Waals surface area contributed by atoms with Crippen molar-refractivity contribution in [2.75, 3.05) is 5.32 Å². The first-order valence-corrected chi connectivity index (χ1v) is 8.29. The molecule has 2 heterocycles. The molecule has 0 radical (unpaired) electrons. The van der Waals surface area contributed by atoms with Crippen LogP contribution in [0, 0.1) is 0 Å². The Morgan fingerprint density at radius 2 is 2.04 bits per heavy atom. The average molecular weight is 364 g/mol. The SMILES string of the molecule is O=C(Nc1ncc(Cc2cccc(Cl)c2)s1)c1ccnc(Cl)c1. The molecule has 0 bridgehead atoms. The van der Waals surface area contributed by atoms with E-state index in [2.05, 4.69) is 15.3 Å². The van der Waals surface area contributed by atoms with Gasteiger partial charge in [0.05, 0.1) is 0 Å². The van der Waals surface area contributed by atoms with Crippen molar-refractivity contribution in [3.05, 3.63) is 75.0 Å². The smallest absolute Gasteiger partial charge is 0.257 e. The van der Waals surface area contributed by atoms with Crippen LogP contribution in [-0.4, -0.2) is 15.9 Å². The van der Waals surface area contributed by atoms with E-state index in [-0.39, 0.29) is 11.1 Å². The molecule has 3 aromatic rings. The Labute approximate surface area is 147 Å². The molecule has 23 heavy (non-hydrogen) atoms. The molecule has 0 aliphatic heterocycles. The molecule has 2 aromatic heterocycles. The minimum Gasteiger partial charge on any atom is -0.298 e. The molecule has 1 aromatic carbocycles. The first-order chi connectivity index (χ1) is 11.1. The third-order valence-corrected chi connectivity index (χ3v) is 4.38. The summed E-state index contributed by atoms with van der Waals surface area (Å²) in [4.78, 5) is 21.2. The van der Waals surface area contributed by atoms with E-state index in [0.29, 0.717) is 15.7 Å². The summed E-state index contributed by atoms with van der Waals surface area (Å²) in [6.07, 6.45) is 3.96. The molecule has 0 saturated heterocycles. The van der Waals surface area contributed by atoms with Gasteiger partial charge in [0.25, 0.3) is 5.91 Å². The lowest BCUT2D eigenvalue weighted by Crippen LogP contribution is -2.11. The highest BCUT2D eigenvalue weighted by Crippen LogP contribution is 2.23. The molecule has 0 unspecified atom stereocenters. The van der Waals surface area contributed by atoms with Gasteiger partial charge in [-0.25, -0.2) is 9.97 Å². The Morgan fingerprint density at radius 3 is 2.83 bits per heavy atom. The lowest BCUT2D eigenvalue weighted by Gasteiger charge is -2.01. The number of nitrogens with one attached hydrogen (secondary N) is 1. The third-order valence-electron chi connectivity index (χ3n) is 3.03. The van der Waals surface area contributed by atoms with Crippen molar-refractivity contribution in [2.24, 2.45) is 0 Å². The van der Waals surface area contributed by atoms with E-state index in [9.17, 15) is 4.79 Å². The van der Waals surface area contributed by atoms with Gasteiger partial charge in [-0.15, -0.1) is 11.3 Å². The number of benzene rings is 1. The number of pyridine rings is 1. The van der Waals surface area contributed by atoms with Crippen molar-refractivity contribution in [3.8, 4) is 0 Å². The average Bonchev–Trinajstić information content (AvgIpc) is 2.94. The van der Waals surface area contributed by atoms with Crippen LogP contribution in [0.2, 0.25) is 10.2 Å². The van der Waals surface area contributed by atoms with Gasteiger partial charge in [-0.3, -0.25) is 10.1 Å². The van der Waals surface area contributed by atoms with Crippen LogP contribution in [0.25, 0.3) is 0 Å². The molecule has 116 valence electrons. The standard InChI is InChI=1S/C16H11Cl2N3OS/c17-12-3-1-2-10(6-12)7-13-9-20-16(23-13)21-15(22)11-4-5-19-14(18)8-11/h1-6,8-9H,7H2,(H,20,21,22). The van der Waals surface area contributed by atoms with Crippen LogP contribution in [0.3, 0.4) is 0 Å². The quantitative estimate of drug-likeness (QED) is 0.684. The van der Waals surface area contributed by atoms with E-state index >= 15 is 0 Å². The number of halogens is 2. The van der Waals surface area contributed by atoms with Crippen LogP contribution in [0.4, 0.5) is 5.13 Å². The number of hydrogen-bond acceptors (Lipinski definition) is 4. The van der Waals surface area contributed by atoms with Gasteiger partial charge >= 0.3 is 0 Å². The molecular weight excluding hydrogens is 353 g/mol. The number of aromatic nitrogens is 2. The summed E-state index contributed by atoms with van der Waals surface area (Å²) in [7, 11) is 0. The van der Waals surface area contributed by atoms with Crippen molar-refractivity contribution in [3.63, 3.8) is 0 Å². The van der Waals surface area contributed by atoms with Gasteiger partial charge in [-0.1, -0.05) is 35.3 Å². The molecule has 1 N–H and O–H groups in total. The molecule has 3 rings (SSSR count). The second-order valence-corrected chi connectivity index (χ2v) is 6.70. The molecule has 0 fully saturated rings. The number of amides is 1. The van der Waals surface area contributed by atoms with Gasteiger partial charge in [0.1, 0.15) is 5.15 Å². The molecule has 0 atom stereocenters. The molecular formula is C16H11Cl2N3OS. The van der Waals surface area contributed by atoms with E-state index in [1.165, 1.54) is 23.6 Å². The maximum Gasteiger partial charge on any atom is 0.257 e. The number of carbonyl (C=O) groups is 1. The maximum atomic E-state index is 12.1. The van der Waals surface area contributed by atoms with Crippen molar-refractivity contribution >= 4 is 45.6 Å². The van der Waals surface area contributed by atoms with Gasteiger partial charge < -0.3 is 0 Å². The maximum absolute atomic E-state index is 12.1. The number of thiazole rings is 1. The Bertz CT molecular complexity index is 851. The topological polar surface area (TPSA) is 54.9 Å². The summed E-state index contributed by atoms with van der Waals surface area (Å²) < 4.78 is 0. The lowest BCUT2D eigenvalue weighted by atomic mass is 10.1. The number of nitrogens with zero attached hydrogens (tertiary/aromatic N) is 2. The summed E-state index contributed by atoms with van der Waals surface area (Å²) in [5, 5.41) is 4.28. The minimum absolute atomic E-state index is 0.266. The van der Waals surface area contributed by atoms with Crippen LogP contribution in [-0.2, 0) is 6.42 Å². The highest BCUT2D eigenvalue weighted by molar-refractivity contribution is 7.15. The highest BCUT2D eigenvalue weighted by Gasteiger charge is 2.10. The van der Waals surface area contributed by atoms with Gasteiger partial charge in [0.15, 0.2) is 5.13 Å². The van der Waals surface area contributed by atoms with Crippen LogP contribution in [0.5, 0.6) is 0 Å². The monoisotopic (exact) mass is 363 g/mol. The van der Waals surface area contributed by atoms with Crippen molar-refractivity contribution < 1.29 is 4.79 Å². The second kappa shape index (κ2) is 7.08. The van der Waals surface area contributed by atoms with Crippen molar-refractivity contribution in [2.45, 2.75) is 6.42 Å². The van der Waals surface area contributed by atoms with Gasteiger partial charge in [0.2, 0.25) is 0 Å². The summed E-state index contributed by atoms with van der Waals surface area (Å²) >= 11 is 13.2. The predicted molar refractivity (Wildman–Crippen MR) is 93.6 cm³/mol. The summed E-state index contributed by atoms with van der Waals surface area (Å²) in [6.45, 7) is 0. The van der Waals surface area contributed by atoms with Crippen LogP contribution in [0.1, 0.15) is 20.8 Å². The zero-order valence-electron chi connectivity index (χ0n) is 11.8. The summed E-state index contributed by atoms with van der Waals surface area (Å²) in [5.41, 5.74) is 1.54. The Morgan fingerprint density at radius 1 is 1.17 bits per heavy atom. The van der Waals surface area contributed by atoms with Crippen LogP contribution >= 0.6 is 34.5 Å². The van der Waals surface area contributed by atoms with Gasteiger partial charge in [-0.2, -0.15) is 0 Å². The minimum atomic E-state index is -0.266. The van der Waals surface area contributed by atoms with Crippen molar-refractivity contribution in [1.29, 1.82) is 0 Å². The number of hydrogen-bond donors (Lipinski definition) is 1. The lowest BCUT2D eigenvalue weighted by molar-refractivity contribution is 0.102. The van der Waals surface area contributed by atoms with Gasteiger partial charge in [0, 0.05) is 34.3 Å². The normalized spacial score (nSPS) is 10.5. The van der Waals surface area contributed by atoms with E-state index in [1.807, 2.05) is 24.3 Å². The zero-order valence-corrected chi connectivity index (χ0v) is 14.1. The molecule has 0 saturated carbocycles. The van der Waals surface area contributed by atoms with Crippen LogP contribution in [0.15, 0.2) is 48.8 Å². The largest absolute Gasteiger partial charge is 0.298 e. The van der Waals surface area contributed by atoms with E-state index in [0.717, 1.165) is 16.9 Å². The third kappa shape index (κ3) is 4.28. The molecule has 7 heteroatoms. The van der Waals surface area contributed by atoms with E-state index in [1.54, 1.807) is 12.3 Å². The molecule has 0 spiro atoms. The van der Waals surface area contributed by atoms with E-state index < -0.39 is 0 Å². The summed E-state index contributed by atoms with van der Waals surface area (Å²) in [6, 6.07) is 10.8. The predicted octanol–water partition coefficient (Wildman–Crippen LogP) is 4.69. The first-order valence-electron chi connectivity index (χ1n) is 6.72. The summed E-state index contributed by atoms with van der Waals surface area (Å²) in [5.74, 6) is -0.266.